The second-order valence-corrected chi connectivity index (χ2v) is 3.99. The van der Waals surface area contributed by atoms with Gasteiger partial charge in [0.05, 0.1) is 6.04 Å². The van der Waals surface area contributed by atoms with Gasteiger partial charge in [0.1, 0.15) is 0 Å². The molecule has 1 aromatic heterocycles. The maximum atomic E-state index is 11.5. The summed E-state index contributed by atoms with van der Waals surface area (Å²) in [6, 6.07) is 8.13. The molecule has 2 aromatic rings. The zero-order valence-corrected chi connectivity index (χ0v) is 9.90. The summed E-state index contributed by atoms with van der Waals surface area (Å²) in [5.74, 6) is 0.350. The Bertz CT molecular complexity index is 562. The predicted molar refractivity (Wildman–Crippen MR) is 68.1 cm³/mol. The molecule has 88 valence electrons. The molecule has 0 saturated heterocycles. The van der Waals surface area contributed by atoms with Gasteiger partial charge in [-0.05, 0) is 25.0 Å². The van der Waals surface area contributed by atoms with Crippen molar-refractivity contribution in [1.82, 2.24) is 9.97 Å². The molecule has 0 saturated carbocycles. The van der Waals surface area contributed by atoms with Gasteiger partial charge in [-0.15, -0.1) is 0 Å². The van der Waals surface area contributed by atoms with Crippen LogP contribution in [-0.4, -0.2) is 9.97 Å². The van der Waals surface area contributed by atoms with Crippen molar-refractivity contribution >= 4 is 5.82 Å². The normalized spacial score (nSPS) is 12.1. The van der Waals surface area contributed by atoms with Gasteiger partial charge in [-0.2, -0.15) is 0 Å². The summed E-state index contributed by atoms with van der Waals surface area (Å²) in [7, 11) is 0. The summed E-state index contributed by atoms with van der Waals surface area (Å²) in [5.41, 5.74) is 2.16. The molecule has 0 radical (unpaired) electrons. The van der Waals surface area contributed by atoms with Crippen molar-refractivity contribution in [2.24, 2.45) is 0 Å². The summed E-state index contributed by atoms with van der Waals surface area (Å²) >= 11 is 0. The molecular formula is C13H15N3O. The molecule has 4 nitrogen and oxygen atoms in total. The van der Waals surface area contributed by atoms with Gasteiger partial charge in [0, 0.05) is 12.4 Å². The van der Waals surface area contributed by atoms with Crippen LogP contribution in [0.5, 0.6) is 0 Å². The maximum Gasteiger partial charge on any atom is 0.290 e. The third-order valence-corrected chi connectivity index (χ3v) is 2.72. The lowest BCUT2D eigenvalue weighted by Gasteiger charge is -2.16. The number of rotatable bonds is 3. The van der Waals surface area contributed by atoms with E-state index in [1.165, 1.54) is 11.8 Å². The number of hydrogen-bond acceptors (Lipinski definition) is 3. The fraction of sp³-hybridized carbons (Fsp3) is 0.231. The van der Waals surface area contributed by atoms with E-state index >= 15 is 0 Å². The molecule has 0 aliphatic rings. The predicted octanol–water partition coefficient (Wildman–Crippen LogP) is 2.25. The highest BCUT2D eigenvalue weighted by molar-refractivity contribution is 5.38. The Kier molecular flexibility index (Phi) is 3.23. The van der Waals surface area contributed by atoms with Crippen molar-refractivity contribution in [3.63, 3.8) is 0 Å². The molecule has 0 amide bonds. The Morgan fingerprint density at radius 2 is 2.12 bits per heavy atom. The van der Waals surface area contributed by atoms with E-state index in [9.17, 15) is 4.79 Å². The van der Waals surface area contributed by atoms with Crippen molar-refractivity contribution < 1.29 is 0 Å². The van der Waals surface area contributed by atoms with Crippen LogP contribution in [0.4, 0.5) is 5.82 Å². The van der Waals surface area contributed by atoms with Gasteiger partial charge in [-0.25, -0.2) is 4.98 Å². The Hall–Kier alpha value is -2.10. The van der Waals surface area contributed by atoms with E-state index in [1.807, 2.05) is 25.1 Å². The summed E-state index contributed by atoms with van der Waals surface area (Å²) in [6.45, 7) is 4.06. The van der Waals surface area contributed by atoms with Crippen molar-refractivity contribution in [3.8, 4) is 0 Å². The average Bonchev–Trinajstić information content (AvgIpc) is 2.32. The zero-order chi connectivity index (χ0) is 12.3. The van der Waals surface area contributed by atoms with Gasteiger partial charge in [0.25, 0.3) is 5.56 Å². The van der Waals surface area contributed by atoms with E-state index in [2.05, 4.69) is 28.3 Å². The van der Waals surface area contributed by atoms with Gasteiger partial charge in [-0.1, -0.05) is 24.3 Å². The third kappa shape index (κ3) is 2.53. The molecule has 1 unspecified atom stereocenters. The van der Waals surface area contributed by atoms with Crippen LogP contribution in [0, 0.1) is 6.92 Å². The molecule has 2 rings (SSSR count). The number of hydrogen-bond donors (Lipinski definition) is 2. The van der Waals surface area contributed by atoms with Gasteiger partial charge >= 0.3 is 0 Å². The first-order valence-electron chi connectivity index (χ1n) is 5.54. The van der Waals surface area contributed by atoms with Gasteiger partial charge < -0.3 is 10.3 Å². The zero-order valence-electron chi connectivity index (χ0n) is 9.90. The Morgan fingerprint density at radius 3 is 2.82 bits per heavy atom. The maximum absolute atomic E-state index is 11.5. The number of H-pyrrole nitrogens is 1. The average molecular weight is 229 g/mol. The van der Waals surface area contributed by atoms with Crippen molar-refractivity contribution in [2.45, 2.75) is 19.9 Å². The van der Waals surface area contributed by atoms with Crippen LogP contribution in [0.25, 0.3) is 0 Å². The van der Waals surface area contributed by atoms with E-state index in [0.29, 0.717) is 5.82 Å². The smallest absolute Gasteiger partial charge is 0.290 e. The van der Waals surface area contributed by atoms with Gasteiger partial charge in [0.2, 0.25) is 0 Å². The monoisotopic (exact) mass is 229 g/mol. The van der Waals surface area contributed by atoms with Crippen LogP contribution >= 0.6 is 0 Å². The first kappa shape index (κ1) is 11.4. The number of nitrogens with one attached hydrogen (secondary N) is 2. The Labute approximate surface area is 99.7 Å². The number of aromatic nitrogens is 2. The lowest BCUT2D eigenvalue weighted by molar-refractivity contribution is 0.857. The SMILES string of the molecule is Cc1ccccc1C(C)Nc1ncc[nH]c1=O. The lowest BCUT2D eigenvalue weighted by Crippen LogP contribution is -2.18. The molecule has 0 aliphatic heterocycles. The number of aromatic amines is 1. The van der Waals surface area contributed by atoms with Crippen molar-refractivity contribution in [3.05, 3.63) is 58.1 Å². The molecule has 0 bridgehead atoms. The minimum atomic E-state index is -0.201. The van der Waals surface area contributed by atoms with E-state index in [1.54, 1.807) is 6.20 Å². The lowest BCUT2D eigenvalue weighted by atomic mass is 10.0. The van der Waals surface area contributed by atoms with Crippen LogP contribution in [0.3, 0.4) is 0 Å². The van der Waals surface area contributed by atoms with Crippen LogP contribution in [0.2, 0.25) is 0 Å². The highest BCUT2D eigenvalue weighted by atomic mass is 16.1. The molecule has 0 spiro atoms. The standard InChI is InChI=1S/C13H15N3O/c1-9-5-3-4-6-11(9)10(2)16-12-13(17)15-8-7-14-12/h3-8,10H,1-2H3,(H,14,16)(H,15,17). The van der Waals surface area contributed by atoms with E-state index in [0.717, 1.165) is 5.56 Å². The van der Waals surface area contributed by atoms with E-state index in [-0.39, 0.29) is 11.6 Å². The van der Waals surface area contributed by atoms with Crippen LogP contribution < -0.4 is 10.9 Å². The highest BCUT2D eigenvalue weighted by Crippen LogP contribution is 2.19. The van der Waals surface area contributed by atoms with Crippen molar-refractivity contribution in [2.75, 3.05) is 5.32 Å². The molecule has 0 aliphatic carbocycles. The largest absolute Gasteiger partial charge is 0.359 e. The number of anilines is 1. The van der Waals surface area contributed by atoms with Crippen molar-refractivity contribution in [1.29, 1.82) is 0 Å². The summed E-state index contributed by atoms with van der Waals surface area (Å²) in [4.78, 5) is 18.1. The van der Waals surface area contributed by atoms with E-state index in [4.69, 9.17) is 0 Å². The third-order valence-electron chi connectivity index (χ3n) is 2.72. The molecule has 1 heterocycles. The summed E-state index contributed by atoms with van der Waals surface area (Å²) < 4.78 is 0. The first-order valence-corrected chi connectivity index (χ1v) is 5.54. The highest BCUT2D eigenvalue weighted by Gasteiger charge is 2.09. The quantitative estimate of drug-likeness (QED) is 0.848. The number of nitrogens with zero attached hydrogens (tertiary/aromatic N) is 1. The minimum absolute atomic E-state index is 0.0483. The van der Waals surface area contributed by atoms with Crippen LogP contribution in [0.1, 0.15) is 24.1 Å². The molecule has 4 heteroatoms. The first-order chi connectivity index (χ1) is 8.18. The van der Waals surface area contributed by atoms with Gasteiger partial charge in [-0.3, -0.25) is 4.79 Å². The molecular weight excluding hydrogens is 214 g/mol. The second-order valence-electron chi connectivity index (χ2n) is 3.99. The molecule has 17 heavy (non-hydrogen) atoms. The minimum Gasteiger partial charge on any atom is -0.359 e. The van der Waals surface area contributed by atoms with Crippen LogP contribution in [0.15, 0.2) is 41.5 Å². The topological polar surface area (TPSA) is 57.8 Å². The van der Waals surface area contributed by atoms with Gasteiger partial charge in [0.15, 0.2) is 5.82 Å². The Morgan fingerprint density at radius 1 is 1.35 bits per heavy atom. The fourth-order valence-electron chi connectivity index (χ4n) is 1.81. The number of benzene rings is 1. The van der Waals surface area contributed by atoms with Crippen LogP contribution in [-0.2, 0) is 0 Å². The molecule has 0 fully saturated rings. The second kappa shape index (κ2) is 4.82. The fourth-order valence-corrected chi connectivity index (χ4v) is 1.81. The summed E-state index contributed by atoms with van der Waals surface area (Å²) in [5, 5.41) is 3.11. The van der Waals surface area contributed by atoms with E-state index < -0.39 is 0 Å². The molecule has 1 atom stereocenters. The molecule has 1 aromatic carbocycles. The number of aryl methyl sites for hydroxylation is 1. The Balaban J connectivity index is 2.23. The summed E-state index contributed by atoms with van der Waals surface area (Å²) in [6.07, 6.45) is 3.08. The molecule has 2 N–H and O–H groups in total.